The first-order valence-electron chi connectivity index (χ1n) is 10.7. The summed E-state index contributed by atoms with van der Waals surface area (Å²) in [6, 6.07) is 24.4. The Labute approximate surface area is 193 Å². The van der Waals surface area contributed by atoms with Crippen molar-refractivity contribution in [1.29, 1.82) is 0 Å². The first-order valence-corrected chi connectivity index (χ1v) is 11.0. The SMILES string of the molecule is O=C(Cc1cccc(N(Cc2ccccc2)C(=O)c2ccc(Cl)cc2)c1)N1CCOCC1. The van der Waals surface area contributed by atoms with Gasteiger partial charge in [0.2, 0.25) is 5.91 Å². The topological polar surface area (TPSA) is 49.9 Å². The second-order valence-corrected chi connectivity index (χ2v) is 8.16. The molecule has 0 spiro atoms. The second kappa shape index (κ2) is 10.4. The minimum Gasteiger partial charge on any atom is -0.378 e. The Kier molecular flexibility index (Phi) is 7.20. The van der Waals surface area contributed by atoms with E-state index in [1.165, 1.54) is 0 Å². The van der Waals surface area contributed by atoms with E-state index in [9.17, 15) is 9.59 Å². The van der Waals surface area contributed by atoms with Gasteiger partial charge in [0.05, 0.1) is 26.2 Å². The maximum atomic E-state index is 13.4. The monoisotopic (exact) mass is 448 g/mol. The van der Waals surface area contributed by atoms with Crippen LogP contribution >= 0.6 is 11.6 Å². The summed E-state index contributed by atoms with van der Waals surface area (Å²) in [7, 11) is 0. The third kappa shape index (κ3) is 5.55. The van der Waals surface area contributed by atoms with E-state index in [4.69, 9.17) is 16.3 Å². The average Bonchev–Trinajstić information content (AvgIpc) is 2.84. The summed E-state index contributed by atoms with van der Waals surface area (Å²) >= 11 is 6.01. The molecule has 0 bridgehead atoms. The van der Waals surface area contributed by atoms with Gasteiger partial charge < -0.3 is 14.5 Å². The Hall–Kier alpha value is -3.15. The molecule has 0 unspecified atom stereocenters. The number of morpholine rings is 1. The summed E-state index contributed by atoms with van der Waals surface area (Å²) in [4.78, 5) is 29.7. The smallest absolute Gasteiger partial charge is 0.258 e. The Morgan fingerprint density at radius 1 is 0.875 bits per heavy atom. The maximum Gasteiger partial charge on any atom is 0.258 e. The van der Waals surface area contributed by atoms with Gasteiger partial charge in [-0.3, -0.25) is 9.59 Å². The first kappa shape index (κ1) is 22.1. The zero-order chi connectivity index (χ0) is 22.3. The zero-order valence-corrected chi connectivity index (χ0v) is 18.5. The number of hydrogen-bond donors (Lipinski definition) is 0. The van der Waals surface area contributed by atoms with E-state index >= 15 is 0 Å². The molecule has 164 valence electrons. The van der Waals surface area contributed by atoms with Crippen molar-refractivity contribution < 1.29 is 14.3 Å². The minimum atomic E-state index is -0.123. The third-order valence-electron chi connectivity index (χ3n) is 5.46. The van der Waals surface area contributed by atoms with Crippen LogP contribution in [0.5, 0.6) is 0 Å². The molecule has 1 fully saturated rings. The molecule has 0 saturated carbocycles. The van der Waals surface area contributed by atoms with Crippen molar-refractivity contribution in [2.24, 2.45) is 0 Å². The van der Waals surface area contributed by atoms with Crippen molar-refractivity contribution in [2.45, 2.75) is 13.0 Å². The number of anilines is 1. The molecule has 1 aliphatic heterocycles. The van der Waals surface area contributed by atoms with Gasteiger partial charge in [-0.05, 0) is 47.5 Å². The summed E-state index contributed by atoms with van der Waals surface area (Å²) in [5.41, 5.74) is 3.20. The van der Waals surface area contributed by atoms with Crippen LogP contribution in [0.2, 0.25) is 5.02 Å². The van der Waals surface area contributed by atoms with Crippen LogP contribution in [0.25, 0.3) is 0 Å². The lowest BCUT2D eigenvalue weighted by molar-refractivity contribution is -0.134. The molecule has 0 aromatic heterocycles. The van der Waals surface area contributed by atoms with Gasteiger partial charge in [-0.25, -0.2) is 0 Å². The number of halogens is 1. The number of hydrogen-bond acceptors (Lipinski definition) is 3. The number of amides is 2. The van der Waals surface area contributed by atoms with Gasteiger partial charge in [-0.1, -0.05) is 54.1 Å². The number of benzene rings is 3. The quantitative estimate of drug-likeness (QED) is 0.554. The lowest BCUT2D eigenvalue weighted by atomic mass is 10.1. The van der Waals surface area contributed by atoms with Crippen molar-refractivity contribution >= 4 is 29.1 Å². The van der Waals surface area contributed by atoms with E-state index in [1.54, 1.807) is 29.2 Å². The van der Waals surface area contributed by atoms with Crippen LogP contribution in [-0.2, 0) is 22.5 Å². The van der Waals surface area contributed by atoms with Crippen LogP contribution < -0.4 is 4.90 Å². The van der Waals surface area contributed by atoms with Crippen molar-refractivity contribution in [3.05, 3.63) is 101 Å². The Bertz CT molecular complexity index is 1060. The van der Waals surface area contributed by atoms with Crippen LogP contribution in [0.3, 0.4) is 0 Å². The van der Waals surface area contributed by atoms with Crippen LogP contribution in [0.1, 0.15) is 21.5 Å². The van der Waals surface area contributed by atoms with E-state index in [0.29, 0.717) is 49.9 Å². The minimum absolute atomic E-state index is 0.0732. The molecule has 0 aliphatic carbocycles. The van der Waals surface area contributed by atoms with E-state index in [-0.39, 0.29) is 11.8 Å². The molecule has 0 radical (unpaired) electrons. The van der Waals surface area contributed by atoms with Crippen molar-refractivity contribution in [3.63, 3.8) is 0 Å². The summed E-state index contributed by atoms with van der Waals surface area (Å²) in [5.74, 6) is -0.0498. The number of nitrogens with zero attached hydrogens (tertiary/aromatic N) is 2. The molecule has 6 heteroatoms. The molecular formula is C26H25ClN2O3. The fourth-order valence-electron chi connectivity index (χ4n) is 3.73. The maximum absolute atomic E-state index is 13.4. The van der Waals surface area contributed by atoms with E-state index in [1.807, 2.05) is 59.5 Å². The molecule has 32 heavy (non-hydrogen) atoms. The molecule has 5 nitrogen and oxygen atoms in total. The summed E-state index contributed by atoms with van der Waals surface area (Å²) in [5, 5.41) is 0.583. The fraction of sp³-hybridized carbons (Fsp3) is 0.231. The molecule has 3 aromatic rings. The van der Waals surface area contributed by atoms with E-state index < -0.39 is 0 Å². The van der Waals surface area contributed by atoms with Crippen molar-refractivity contribution in [3.8, 4) is 0 Å². The average molecular weight is 449 g/mol. The molecular weight excluding hydrogens is 424 g/mol. The third-order valence-corrected chi connectivity index (χ3v) is 5.71. The number of rotatable bonds is 6. The molecule has 0 atom stereocenters. The largest absolute Gasteiger partial charge is 0.378 e. The molecule has 1 aliphatic rings. The van der Waals surface area contributed by atoms with Gasteiger partial charge in [0.15, 0.2) is 0 Å². The van der Waals surface area contributed by atoms with E-state index in [2.05, 4.69) is 0 Å². The predicted octanol–water partition coefficient (Wildman–Crippen LogP) is 4.59. The van der Waals surface area contributed by atoms with Crippen LogP contribution in [0.15, 0.2) is 78.9 Å². The molecule has 1 saturated heterocycles. The summed E-state index contributed by atoms with van der Waals surface area (Å²) in [6.45, 7) is 2.81. The standard InChI is InChI=1S/C26H25ClN2O3/c27-23-11-9-22(10-12-23)26(31)29(19-20-5-2-1-3-6-20)24-8-4-7-21(17-24)18-25(30)28-13-15-32-16-14-28/h1-12,17H,13-16,18-19H2. The van der Waals surface area contributed by atoms with Gasteiger partial charge >= 0.3 is 0 Å². The van der Waals surface area contributed by atoms with Crippen LogP contribution in [-0.4, -0.2) is 43.0 Å². The van der Waals surface area contributed by atoms with Gasteiger partial charge in [0, 0.05) is 29.4 Å². The second-order valence-electron chi connectivity index (χ2n) is 7.72. The van der Waals surface area contributed by atoms with Gasteiger partial charge in [0.1, 0.15) is 0 Å². The highest BCUT2D eigenvalue weighted by molar-refractivity contribution is 6.30. The fourth-order valence-corrected chi connectivity index (χ4v) is 3.85. The number of ether oxygens (including phenoxy) is 1. The van der Waals surface area contributed by atoms with Crippen LogP contribution in [0.4, 0.5) is 5.69 Å². The van der Waals surface area contributed by atoms with Gasteiger partial charge in [0.25, 0.3) is 5.91 Å². The van der Waals surface area contributed by atoms with Crippen LogP contribution in [0, 0.1) is 0 Å². The van der Waals surface area contributed by atoms with E-state index in [0.717, 1.165) is 16.8 Å². The molecule has 0 N–H and O–H groups in total. The lowest BCUT2D eigenvalue weighted by Gasteiger charge is -2.27. The number of carbonyl (C=O) groups is 2. The van der Waals surface area contributed by atoms with Gasteiger partial charge in [-0.2, -0.15) is 0 Å². The molecule has 1 heterocycles. The lowest BCUT2D eigenvalue weighted by Crippen LogP contribution is -2.41. The Balaban J connectivity index is 1.60. The highest BCUT2D eigenvalue weighted by Gasteiger charge is 2.20. The summed E-state index contributed by atoms with van der Waals surface area (Å²) in [6.07, 6.45) is 0.294. The summed E-state index contributed by atoms with van der Waals surface area (Å²) < 4.78 is 5.34. The van der Waals surface area contributed by atoms with Crippen molar-refractivity contribution in [1.82, 2.24) is 4.90 Å². The normalized spacial score (nSPS) is 13.6. The number of carbonyl (C=O) groups excluding carboxylic acids is 2. The highest BCUT2D eigenvalue weighted by atomic mass is 35.5. The zero-order valence-electron chi connectivity index (χ0n) is 17.7. The predicted molar refractivity (Wildman–Crippen MR) is 126 cm³/mol. The molecule has 4 rings (SSSR count). The van der Waals surface area contributed by atoms with Crippen molar-refractivity contribution in [2.75, 3.05) is 31.2 Å². The highest BCUT2D eigenvalue weighted by Crippen LogP contribution is 2.23. The molecule has 2 amide bonds. The first-order chi connectivity index (χ1) is 15.6. The molecule has 3 aromatic carbocycles. The Morgan fingerprint density at radius 2 is 1.56 bits per heavy atom. The van der Waals surface area contributed by atoms with Gasteiger partial charge in [-0.15, -0.1) is 0 Å². The Morgan fingerprint density at radius 3 is 2.28 bits per heavy atom.